The lowest BCUT2D eigenvalue weighted by Crippen LogP contribution is -2.23. The number of amides is 1. The lowest BCUT2D eigenvalue weighted by Gasteiger charge is -2.07. The molecule has 0 aliphatic rings. The summed E-state index contributed by atoms with van der Waals surface area (Å²) in [5, 5.41) is 9.62. The minimum Gasteiger partial charge on any atom is -0.346 e. The van der Waals surface area contributed by atoms with E-state index in [1.807, 2.05) is 25.3 Å². The number of thiazole rings is 1. The maximum Gasteiger partial charge on any atom is 0.277 e. The molecular weight excluding hydrogens is 436 g/mol. The van der Waals surface area contributed by atoms with Gasteiger partial charge in [-0.15, -0.1) is 22.7 Å². The van der Waals surface area contributed by atoms with Crippen molar-refractivity contribution in [1.82, 2.24) is 20.1 Å². The fraction of sp³-hybridized carbons (Fsp3) is 0.294. The molecule has 0 radical (unpaired) electrons. The first-order chi connectivity index (χ1) is 12.3. The molecule has 6 nitrogen and oxygen atoms in total. The molecule has 0 bridgehead atoms. The van der Waals surface area contributed by atoms with Gasteiger partial charge in [-0.05, 0) is 48.3 Å². The van der Waals surface area contributed by atoms with Crippen molar-refractivity contribution in [2.45, 2.75) is 27.3 Å². The zero-order chi connectivity index (χ0) is 19.0. The van der Waals surface area contributed by atoms with Gasteiger partial charge in [-0.2, -0.15) is 5.10 Å². The van der Waals surface area contributed by atoms with Gasteiger partial charge < -0.3 is 5.32 Å². The minimum absolute atomic E-state index is 0.184. The van der Waals surface area contributed by atoms with Crippen molar-refractivity contribution in [3.63, 3.8) is 0 Å². The molecule has 0 aliphatic heterocycles. The van der Waals surface area contributed by atoms with Crippen LogP contribution < -0.4 is 10.9 Å². The van der Waals surface area contributed by atoms with E-state index in [1.165, 1.54) is 16.0 Å². The highest BCUT2D eigenvalue weighted by molar-refractivity contribution is 9.10. The van der Waals surface area contributed by atoms with Crippen LogP contribution in [0.2, 0.25) is 0 Å². The van der Waals surface area contributed by atoms with Gasteiger partial charge in [0.25, 0.3) is 11.5 Å². The van der Waals surface area contributed by atoms with E-state index in [0.717, 1.165) is 20.6 Å². The monoisotopic (exact) mass is 452 g/mol. The molecule has 0 aromatic carbocycles. The Morgan fingerprint density at radius 3 is 2.69 bits per heavy atom. The Hall–Kier alpha value is -1.84. The van der Waals surface area contributed by atoms with Crippen LogP contribution >= 0.6 is 38.6 Å². The molecule has 1 N–H and O–H groups in total. The number of carbonyl (C=O) groups excluding carboxylic acids is 1. The van der Waals surface area contributed by atoms with Crippen LogP contribution in [0.15, 0.2) is 20.7 Å². The van der Waals surface area contributed by atoms with Gasteiger partial charge >= 0.3 is 0 Å². The van der Waals surface area contributed by atoms with E-state index in [-0.39, 0.29) is 11.5 Å². The van der Waals surface area contributed by atoms with Gasteiger partial charge in [-0.1, -0.05) is 0 Å². The predicted octanol–water partition coefficient (Wildman–Crippen LogP) is 3.58. The van der Waals surface area contributed by atoms with E-state index >= 15 is 0 Å². The first-order valence-corrected chi connectivity index (χ1v) is 10.3. The largest absolute Gasteiger partial charge is 0.346 e. The molecule has 3 aromatic heterocycles. The lowest BCUT2D eigenvalue weighted by atomic mass is 10.1. The Balaban J connectivity index is 1.90. The van der Waals surface area contributed by atoms with Crippen molar-refractivity contribution in [3.05, 3.63) is 53.0 Å². The molecule has 0 aliphatic carbocycles. The molecule has 0 unspecified atom stereocenters. The Morgan fingerprint density at radius 1 is 1.31 bits per heavy atom. The summed E-state index contributed by atoms with van der Waals surface area (Å²) in [6.45, 7) is 5.94. The highest BCUT2D eigenvalue weighted by Gasteiger charge is 2.21. The summed E-state index contributed by atoms with van der Waals surface area (Å²) in [7, 11) is 1.62. The number of aryl methyl sites for hydroxylation is 3. The molecule has 136 valence electrons. The number of hydrogen-bond donors (Lipinski definition) is 1. The number of halogens is 1. The highest BCUT2D eigenvalue weighted by Crippen LogP contribution is 2.28. The Bertz CT molecular complexity index is 1050. The second kappa shape index (κ2) is 7.42. The van der Waals surface area contributed by atoms with E-state index in [4.69, 9.17) is 0 Å². The zero-order valence-electron chi connectivity index (χ0n) is 14.7. The van der Waals surface area contributed by atoms with Crippen LogP contribution in [0.3, 0.4) is 0 Å². The number of nitrogens with one attached hydrogen (secondary N) is 1. The number of aromatic nitrogens is 3. The third-order valence-electron chi connectivity index (χ3n) is 3.99. The van der Waals surface area contributed by atoms with Crippen LogP contribution in [-0.4, -0.2) is 20.7 Å². The van der Waals surface area contributed by atoms with Gasteiger partial charge in [0.15, 0.2) is 0 Å². The van der Waals surface area contributed by atoms with Crippen molar-refractivity contribution in [1.29, 1.82) is 0 Å². The SMILES string of the molecule is Cc1nc(-c2c(C)c(C)nn(C)c2=O)sc1C(=O)NCc1cc(Br)cs1. The fourth-order valence-corrected chi connectivity index (χ4v) is 4.98. The highest BCUT2D eigenvalue weighted by atomic mass is 79.9. The molecule has 0 fully saturated rings. The summed E-state index contributed by atoms with van der Waals surface area (Å²) in [6, 6.07) is 1.97. The van der Waals surface area contributed by atoms with Crippen molar-refractivity contribution in [2.75, 3.05) is 0 Å². The fourth-order valence-electron chi connectivity index (χ4n) is 2.51. The number of carbonyl (C=O) groups is 1. The first kappa shape index (κ1) is 18.9. The number of nitrogens with zero attached hydrogens (tertiary/aromatic N) is 3. The normalized spacial score (nSPS) is 11.0. The Labute approximate surface area is 167 Å². The topological polar surface area (TPSA) is 76.9 Å². The zero-order valence-corrected chi connectivity index (χ0v) is 17.9. The maximum absolute atomic E-state index is 12.6. The minimum atomic E-state index is -0.211. The maximum atomic E-state index is 12.6. The molecule has 26 heavy (non-hydrogen) atoms. The second-order valence-corrected chi connectivity index (χ2v) is 8.77. The van der Waals surface area contributed by atoms with E-state index in [9.17, 15) is 9.59 Å². The number of thiophene rings is 1. The summed E-state index contributed by atoms with van der Waals surface area (Å²) in [4.78, 5) is 31.1. The van der Waals surface area contributed by atoms with Crippen LogP contribution in [0.5, 0.6) is 0 Å². The van der Waals surface area contributed by atoms with Gasteiger partial charge in [0, 0.05) is 21.8 Å². The first-order valence-electron chi connectivity index (χ1n) is 7.81. The van der Waals surface area contributed by atoms with E-state index in [0.29, 0.717) is 27.7 Å². The second-order valence-electron chi connectivity index (χ2n) is 5.86. The average molecular weight is 453 g/mol. The van der Waals surface area contributed by atoms with Gasteiger partial charge in [-0.3, -0.25) is 9.59 Å². The Morgan fingerprint density at radius 2 is 2.04 bits per heavy atom. The number of hydrogen-bond acceptors (Lipinski definition) is 6. The molecule has 0 spiro atoms. The quantitative estimate of drug-likeness (QED) is 0.655. The van der Waals surface area contributed by atoms with Crippen molar-refractivity contribution >= 4 is 44.5 Å². The summed E-state index contributed by atoms with van der Waals surface area (Å²) in [5.41, 5.74) is 2.47. The lowest BCUT2D eigenvalue weighted by molar-refractivity contribution is 0.0954. The van der Waals surface area contributed by atoms with Gasteiger partial charge in [-0.25, -0.2) is 9.67 Å². The van der Waals surface area contributed by atoms with E-state index < -0.39 is 0 Å². The molecule has 0 atom stereocenters. The third-order valence-corrected chi connectivity index (χ3v) is 6.86. The summed E-state index contributed by atoms with van der Waals surface area (Å²) in [5.74, 6) is -0.184. The smallest absolute Gasteiger partial charge is 0.277 e. The summed E-state index contributed by atoms with van der Waals surface area (Å²) >= 11 is 6.22. The van der Waals surface area contributed by atoms with Crippen LogP contribution in [0.25, 0.3) is 10.6 Å². The standard InChI is InChI=1S/C17H17BrN4O2S2/c1-8-9(2)21-22(4)17(24)13(8)16-20-10(3)14(26-16)15(23)19-6-12-5-11(18)7-25-12/h5,7H,6H2,1-4H3,(H,19,23). The van der Waals surface area contributed by atoms with Crippen LogP contribution in [0, 0.1) is 20.8 Å². The molecule has 1 amide bonds. The van der Waals surface area contributed by atoms with Crippen molar-refractivity contribution in [3.8, 4) is 10.6 Å². The summed E-state index contributed by atoms with van der Waals surface area (Å²) in [6.07, 6.45) is 0. The number of rotatable bonds is 4. The molecule has 0 saturated carbocycles. The van der Waals surface area contributed by atoms with Crippen LogP contribution in [0.1, 0.15) is 31.5 Å². The third kappa shape index (κ3) is 3.65. The van der Waals surface area contributed by atoms with Crippen LogP contribution in [-0.2, 0) is 13.6 Å². The molecule has 9 heteroatoms. The van der Waals surface area contributed by atoms with Gasteiger partial charge in [0.05, 0.1) is 23.5 Å². The molecule has 0 saturated heterocycles. The van der Waals surface area contributed by atoms with Gasteiger partial charge in [0.1, 0.15) is 9.88 Å². The van der Waals surface area contributed by atoms with Crippen molar-refractivity contribution in [2.24, 2.45) is 7.05 Å². The van der Waals surface area contributed by atoms with E-state index in [2.05, 4.69) is 31.3 Å². The molecule has 3 rings (SSSR count). The van der Waals surface area contributed by atoms with Gasteiger partial charge in [0.2, 0.25) is 0 Å². The average Bonchev–Trinajstić information content (AvgIpc) is 3.17. The van der Waals surface area contributed by atoms with E-state index in [1.54, 1.807) is 25.3 Å². The van der Waals surface area contributed by atoms with Crippen molar-refractivity contribution < 1.29 is 4.79 Å². The molecule has 3 heterocycles. The van der Waals surface area contributed by atoms with Crippen LogP contribution in [0.4, 0.5) is 0 Å². The molecular formula is C17H17BrN4O2S2. The summed E-state index contributed by atoms with van der Waals surface area (Å²) < 4.78 is 2.31. The Kier molecular flexibility index (Phi) is 5.40. The molecule has 3 aromatic rings. The predicted molar refractivity (Wildman–Crippen MR) is 108 cm³/mol.